The van der Waals surface area contributed by atoms with E-state index in [0.29, 0.717) is 5.69 Å². The molecule has 5 nitrogen and oxygen atoms in total. The molecule has 0 saturated heterocycles. The van der Waals surface area contributed by atoms with Gasteiger partial charge in [-0.1, -0.05) is 24.3 Å². The van der Waals surface area contributed by atoms with Crippen LogP contribution in [-0.4, -0.2) is 20.7 Å². The maximum absolute atomic E-state index is 14.6. The molecule has 1 amide bonds. The van der Waals surface area contributed by atoms with Crippen LogP contribution in [0.15, 0.2) is 79.0 Å². The minimum absolute atomic E-state index is 0.0230. The van der Waals surface area contributed by atoms with E-state index in [1.54, 1.807) is 30.5 Å². The molecule has 0 bridgehead atoms. The second kappa shape index (κ2) is 9.56. The van der Waals surface area contributed by atoms with Crippen LogP contribution in [0, 0.1) is 25.5 Å². The predicted octanol–water partition coefficient (Wildman–Crippen LogP) is 5.41. The van der Waals surface area contributed by atoms with Gasteiger partial charge in [0.1, 0.15) is 11.6 Å². The second-order valence-electron chi connectivity index (χ2n) is 7.51. The topological polar surface area (TPSA) is 51.0 Å². The second-order valence-corrected chi connectivity index (χ2v) is 7.51. The fourth-order valence-electron chi connectivity index (χ4n) is 3.60. The van der Waals surface area contributed by atoms with Crippen molar-refractivity contribution in [1.82, 2.24) is 14.8 Å². The zero-order valence-electron chi connectivity index (χ0n) is 18.2. The monoisotopic (exact) mass is 444 g/mol. The zero-order chi connectivity index (χ0) is 23.4. The first-order valence-corrected chi connectivity index (χ1v) is 10.4. The largest absolute Gasteiger partial charge is 0.300 e. The molecule has 2 heterocycles. The Labute approximate surface area is 190 Å². The number of rotatable bonds is 6. The molecule has 166 valence electrons. The summed E-state index contributed by atoms with van der Waals surface area (Å²) in [6.07, 6.45) is 4.64. The molecule has 33 heavy (non-hydrogen) atoms. The van der Waals surface area contributed by atoms with Crippen molar-refractivity contribution in [2.24, 2.45) is 0 Å². The number of hydrogen-bond acceptors (Lipinski definition) is 3. The first-order chi connectivity index (χ1) is 15.9. The maximum atomic E-state index is 14.6. The summed E-state index contributed by atoms with van der Waals surface area (Å²) in [7, 11) is 0. The van der Waals surface area contributed by atoms with Gasteiger partial charge in [-0.15, -0.1) is 0 Å². The Bertz CT molecular complexity index is 1300. The van der Waals surface area contributed by atoms with Crippen LogP contribution in [0.25, 0.3) is 11.8 Å². The van der Waals surface area contributed by atoms with Gasteiger partial charge < -0.3 is 0 Å². The number of carbonyl (C=O) groups excluding carboxylic acids is 1. The quantitative estimate of drug-likeness (QED) is 0.374. The van der Waals surface area contributed by atoms with Gasteiger partial charge >= 0.3 is 0 Å². The van der Waals surface area contributed by atoms with E-state index in [4.69, 9.17) is 0 Å². The number of benzene rings is 2. The average molecular weight is 444 g/mol. The van der Waals surface area contributed by atoms with E-state index in [1.807, 2.05) is 48.9 Å². The molecular formula is C26H22F2N4O. The molecule has 0 saturated carbocycles. The molecule has 0 atom stereocenters. The predicted molar refractivity (Wildman–Crippen MR) is 124 cm³/mol. The van der Waals surface area contributed by atoms with Crippen LogP contribution >= 0.6 is 0 Å². The summed E-state index contributed by atoms with van der Waals surface area (Å²) in [5.41, 5.74) is 3.88. The van der Waals surface area contributed by atoms with Gasteiger partial charge in [-0.25, -0.2) is 13.5 Å². The standard InChI is InChI=1S/C26H22F2N4O/c1-18-23(19(2)32(30-18)22-9-4-3-5-10-22)12-14-26(33)31(17-21-8-6-7-15-29-21)25-13-11-20(27)16-24(25)28/h3-16H,17H2,1-2H3. The number of aromatic nitrogens is 3. The Morgan fingerprint density at radius 3 is 2.48 bits per heavy atom. The summed E-state index contributed by atoms with van der Waals surface area (Å²) in [6, 6.07) is 18.1. The summed E-state index contributed by atoms with van der Waals surface area (Å²) in [4.78, 5) is 18.6. The lowest BCUT2D eigenvalue weighted by Crippen LogP contribution is -2.30. The number of nitrogens with zero attached hydrogens (tertiary/aromatic N) is 4. The molecular weight excluding hydrogens is 422 g/mol. The highest BCUT2D eigenvalue weighted by molar-refractivity contribution is 6.04. The zero-order valence-corrected chi connectivity index (χ0v) is 18.2. The number of aryl methyl sites for hydroxylation is 1. The number of amides is 1. The molecule has 2 aromatic heterocycles. The Kier molecular flexibility index (Phi) is 6.40. The van der Waals surface area contributed by atoms with Gasteiger partial charge in [0, 0.05) is 29.6 Å². The van der Waals surface area contributed by atoms with Crippen LogP contribution in [0.1, 0.15) is 22.6 Å². The first kappa shape index (κ1) is 22.1. The molecule has 4 aromatic rings. The van der Waals surface area contributed by atoms with Crippen LogP contribution in [0.5, 0.6) is 0 Å². The van der Waals surface area contributed by atoms with Gasteiger partial charge in [0.25, 0.3) is 5.91 Å². The molecule has 0 aliphatic carbocycles. The summed E-state index contributed by atoms with van der Waals surface area (Å²) in [5, 5.41) is 4.58. The van der Waals surface area contributed by atoms with Gasteiger partial charge in [0.2, 0.25) is 0 Å². The minimum atomic E-state index is -0.822. The van der Waals surface area contributed by atoms with Crippen molar-refractivity contribution in [3.05, 3.63) is 113 Å². The first-order valence-electron chi connectivity index (χ1n) is 10.4. The van der Waals surface area contributed by atoms with Crippen LogP contribution < -0.4 is 4.90 Å². The highest BCUT2D eigenvalue weighted by Gasteiger charge is 2.19. The van der Waals surface area contributed by atoms with Crippen LogP contribution in [0.2, 0.25) is 0 Å². The van der Waals surface area contributed by atoms with E-state index in [-0.39, 0.29) is 12.2 Å². The fraction of sp³-hybridized carbons (Fsp3) is 0.115. The van der Waals surface area contributed by atoms with Crippen LogP contribution in [-0.2, 0) is 11.3 Å². The van der Waals surface area contributed by atoms with E-state index in [9.17, 15) is 13.6 Å². The molecule has 4 rings (SSSR count). The number of para-hydroxylation sites is 1. The van der Waals surface area contributed by atoms with Crippen molar-refractivity contribution in [2.75, 3.05) is 4.90 Å². The third-order valence-corrected chi connectivity index (χ3v) is 5.25. The lowest BCUT2D eigenvalue weighted by atomic mass is 10.1. The van der Waals surface area contributed by atoms with Crippen molar-refractivity contribution in [1.29, 1.82) is 0 Å². The highest BCUT2D eigenvalue weighted by atomic mass is 19.1. The molecule has 0 fully saturated rings. The van der Waals surface area contributed by atoms with Crippen molar-refractivity contribution >= 4 is 17.7 Å². The lowest BCUT2D eigenvalue weighted by molar-refractivity contribution is -0.114. The van der Waals surface area contributed by atoms with E-state index in [2.05, 4.69) is 10.1 Å². The highest BCUT2D eigenvalue weighted by Crippen LogP contribution is 2.24. The van der Waals surface area contributed by atoms with Crippen molar-refractivity contribution in [2.45, 2.75) is 20.4 Å². The Morgan fingerprint density at radius 2 is 1.79 bits per heavy atom. The van der Waals surface area contributed by atoms with Gasteiger partial charge in [0.05, 0.1) is 29.3 Å². The van der Waals surface area contributed by atoms with Gasteiger partial charge in [-0.05, 0) is 56.3 Å². The number of halogens is 2. The molecule has 0 spiro atoms. The summed E-state index contributed by atoms with van der Waals surface area (Å²) in [5.74, 6) is -1.99. The van der Waals surface area contributed by atoms with E-state index in [0.717, 1.165) is 34.8 Å². The molecule has 7 heteroatoms. The molecule has 0 aliphatic heterocycles. The lowest BCUT2D eigenvalue weighted by Gasteiger charge is -2.21. The Morgan fingerprint density at radius 1 is 1.03 bits per heavy atom. The smallest absolute Gasteiger partial charge is 0.251 e. The van der Waals surface area contributed by atoms with E-state index < -0.39 is 17.5 Å². The average Bonchev–Trinajstić information content (AvgIpc) is 3.11. The van der Waals surface area contributed by atoms with Gasteiger partial charge in [-0.2, -0.15) is 5.10 Å². The molecule has 0 aliphatic rings. The summed E-state index contributed by atoms with van der Waals surface area (Å²) < 4.78 is 29.8. The number of hydrogen-bond donors (Lipinski definition) is 0. The number of pyridine rings is 1. The third-order valence-electron chi connectivity index (χ3n) is 5.25. The van der Waals surface area contributed by atoms with Crippen molar-refractivity contribution in [3.8, 4) is 5.69 Å². The normalized spacial score (nSPS) is 11.2. The third kappa shape index (κ3) is 4.87. The molecule has 0 unspecified atom stereocenters. The van der Waals surface area contributed by atoms with Gasteiger partial charge in [-0.3, -0.25) is 14.7 Å². The molecule has 0 radical (unpaired) electrons. The van der Waals surface area contributed by atoms with Crippen LogP contribution in [0.3, 0.4) is 0 Å². The van der Waals surface area contributed by atoms with Gasteiger partial charge in [0.15, 0.2) is 0 Å². The van der Waals surface area contributed by atoms with E-state index >= 15 is 0 Å². The minimum Gasteiger partial charge on any atom is -0.300 e. The number of anilines is 1. The summed E-state index contributed by atoms with van der Waals surface area (Å²) >= 11 is 0. The Balaban J connectivity index is 1.67. The van der Waals surface area contributed by atoms with Crippen LogP contribution in [0.4, 0.5) is 14.5 Å². The molecule has 0 N–H and O–H groups in total. The summed E-state index contributed by atoms with van der Waals surface area (Å²) in [6.45, 7) is 3.82. The Hall–Kier alpha value is -4.13. The fourth-order valence-corrected chi connectivity index (χ4v) is 3.60. The van der Waals surface area contributed by atoms with Crippen molar-refractivity contribution in [3.63, 3.8) is 0 Å². The van der Waals surface area contributed by atoms with E-state index in [1.165, 1.54) is 17.0 Å². The number of carbonyl (C=O) groups is 1. The van der Waals surface area contributed by atoms with Crippen molar-refractivity contribution < 1.29 is 13.6 Å². The SMILES string of the molecule is Cc1nn(-c2ccccc2)c(C)c1C=CC(=O)N(Cc1ccccn1)c1ccc(F)cc1F. The molecule has 2 aromatic carbocycles. The maximum Gasteiger partial charge on any atom is 0.251 e.